The number of aryl methyl sites for hydroxylation is 2. The third kappa shape index (κ3) is 3.69. The van der Waals surface area contributed by atoms with E-state index in [2.05, 4.69) is 27.2 Å². The summed E-state index contributed by atoms with van der Waals surface area (Å²) in [7, 11) is 1.74. The molecule has 33 heavy (non-hydrogen) atoms. The van der Waals surface area contributed by atoms with Gasteiger partial charge in [-0.3, -0.25) is 9.20 Å². The maximum Gasteiger partial charge on any atom is 0.259 e. The first-order chi connectivity index (χ1) is 16.0. The quantitative estimate of drug-likeness (QED) is 0.436. The van der Waals surface area contributed by atoms with Gasteiger partial charge in [0, 0.05) is 43.3 Å². The Morgan fingerprint density at radius 2 is 2.03 bits per heavy atom. The van der Waals surface area contributed by atoms with E-state index in [0.29, 0.717) is 15.8 Å². The Labute approximate surface area is 196 Å². The van der Waals surface area contributed by atoms with Gasteiger partial charge in [0.2, 0.25) is 0 Å². The minimum absolute atomic E-state index is 0.0935. The van der Waals surface area contributed by atoms with E-state index in [1.807, 2.05) is 22.7 Å². The smallest absolute Gasteiger partial charge is 0.259 e. The fraction of sp³-hybridized carbons (Fsp3) is 0.400. The summed E-state index contributed by atoms with van der Waals surface area (Å²) in [5.74, 6) is 0.757. The van der Waals surface area contributed by atoms with Crippen molar-refractivity contribution in [1.29, 1.82) is 0 Å². The summed E-state index contributed by atoms with van der Waals surface area (Å²) in [6.07, 6.45) is 10.1. The monoisotopic (exact) mass is 463 g/mol. The number of nitrogens with zero attached hydrogens (tertiary/aromatic N) is 5. The first kappa shape index (κ1) is 20.7. The summed E-state index contributed by atoms with van der Waals surface area (Å²) in [6.45, 7) is 3.42. The highest BCUT2D eigenvalue weighted by Gasteiger charge is 2.53. The van der Waals surface area contributed by atoms with Gasteiger partial charge in [0.1, 0.15) is 12.1 Å². The van der Waals surface area contributed by atoms with Crippen LogP contribution < -0.4 is 10.3 Å². The minimum atomic E-state index is -0.0935. The van der Waals surface area contributed by atoms with E-state index >= 15 is 0 Å². The first-order valence-corrected chi connectivity index (χ1v) is 11.8. The molecule has 1 spiro atoms. The van der Waals surface area contributed by atoms with Crippen LogP contribution in [0.2, 0.25) is 5.02 Å². The first-order valence-electron chi connectivity index (χ1n) is 11.4. The lowest BCUT2D eigenvalue weighted by atomic mass is 9.61. The average Bonchev–Trinajstić information content (AvgIpc) is 3.22. The van der Waals surface area contributed by atoms with Gasteiger partial charge in [-0.15, -0.1) is 10.2 Å². The van der Waals surface area contributed by atoms with Gasteiger partial charge in [-0.1, -0.05) is 11.6 Å². The number of rotatable bonds is 6. The Bertz CT molecular complexity index is 1400. The molecule has 0 amide bonds. The number of halogens is 1. The molecule has 0 atom stereocenters. The van der Waals surface area contributed by atoms with Crippen molar-refractivity contribution < 1.29 is 4.74 Å². The molecule has 4 aromatic rings. The van der Waals surface area contributed by atoms with Crippen molar-refractivity contribution in [3.05, 3.63) is 70.0 Å². The van der Waals surface area contributed by atoms with Crippen molar-refractivity contribution in [1.82, 2.24) is 24.1 Å². The standard InChI is InChI=1S/C25H26ClN5O2/c1-29-9-7-19-21(5-4-20(26)23(19)24(29)32)33-18-12-25(13-18)14-30(15-25)8-2-3-17-6-10-31-16-27-28-22(31)11-17/h4-7,9-11,16,18H,2-3,8,12-15H2,1H3. The molecule has 7 nitrogen and oxygen atoms in total. The van der Waals surface area contributed by atoms with Gasteiger partial charge in [-0.2, -0.15) is 0 Å². The molecule has 2 aliphatic rings. The van der Waals surface area contributed by atoms with Crippen LogP contribution >= 0.6 is 11.6 Å². The zero-order valence-corrected chi connectivity index (χ0v) is 19.3. The van der Waals surface area contributed by atoms with E-state index in [9.17, 15) is 4.79 Å². The van der Waals surface area contributed by atoms with Crippen LogP contribution in [0.1, 0.15) is 24.8 Å². The number of benzene rings is 1. The van der Waals surface area contributed by atoms with E-state index in [4.69, 9.17) is 16.3 Å². The number of likely N-dealkylation sites (tertiary alicyclic amines) is 1. The topological polar surface area (TPSA) is 64.7 Å². The van der Waals surface area contributed by atoms with E-state index in [-0.39, 0.29) is 11.7 Å². The Morgan fingerprint density at radius 1 is 1.18 bits per heavy atom. The lowest BCUT2D eigenvalue weighted by molar-refractivity contribution is -0.118. The fourth-order valence-electron chi connectivity index (χ4n) is 5.50. The highest BCUT2D eigenvalue weighted by Crippen LogP contribution is 2.50. The molecular weight excluding hydrogens is 438 g/mol. The van der Waals surface area contributed by atoms with E-state index in [0.717, 1.165) is 62.1 Å². The van der Waals surface area contributed by atoms with E-state index in [1.165, 1.54) is 5.56 Å². The molecule has 170 valence electrons. The second kappa shape index (κ2) is 7.85. The number of hydrogen-bond acceptors (Lipinski definition) is 5. The summed E-state index contributed by atoms with van der Waals surface area (Å²) >= 11 is 6.30. The molecule has 1 aliphatic heterocycles. The number of ether oxygens (including phenoxy) is 1. The van der Waals surface area contributed by atoms with Crippen molar-refractivity contribution in [2.75, 3.05) is 19.6 Å². The minimum Gasteiger partial charge on any atom is -0.490 e. The van der Waals surface area contributed by atoms with Crippen LogP contribution in [-0.2, 0) is 13.5 Å². The molecule has 1 saturated carbocycles. The molecule has 6 rings (SSSR count). The van der Waals surface area contributed by atoms with Gasteiger partial charge in [0.05, 0.1) is 16.5 Å². The van der Waals surface area contributed by atoms with Crippen LogP contribution in [0.15, 0.2) is 53.8 Å². The molecule has 8 heteroatoms. The van der Waals surface area contributed by atoms with Crippen molar-refractivity contribution in [2.24, 2.45) is 12.5 Å². The van der Waals surface area contributed by atoms with Crippen LogP contribution in [0.4, 0.5) is 0 Å². The molecule has 0 bridgehead atoms. The average molecular weight is 464 g/mol. The molecule has 0 unspecified atom stereocenters. The van der Waals surface area contributed by atoms with Crippen molar-refractivity contribution >= 4 is 28.0 Å². The molecule has 4 heterocycles. The summed E-state index contributed by atoms with van der Waals surface area (Å²) < 4.78 is 9.79. The number of hydrogen-bond donors (Lipinski definition) is 0. The summed E-state index contributed by atoms with van der Waals surface area (Å²) in [5.41, 5.74) is 2.53. The number of aromatic nitrogens is 4. The SMILES string of the molecule is Cn1ccc2c(OC3CC4(C3)CN(CCCc3ccn5cnnc5c3)C4)ccc(Cl)c2c1=O. The Morgan fingerprint density at radius 3 is 2.88 bits per heavy atom. The predicted octanol–water partition coefficient (Wildman–Crippen LogP) is 3.71. The molecule has 1 saturated heterocycles. The van der Waals surface area contributed by atoms with E-state index < -0.39 is 0 Å². The van der Waals surface area contributed by atoms with Gasteiger partial charge in [-0.25, -0.2) is 0 Å². The van der Waals surface area contributed by atoms with Gasteiger partial charge < -0.3 is 14.2 Å². The number of fused-ring (bicyclic) bond motifs is 2. The third-order valence-electron chi connectivity index (χ3n) is 7.19. The third-order valence-corrected chi connectivity index (χ3v) is 7.51. The Hall–Kier alpha value is -2.90. The fourth-order valence-corrected chi connectivity index (χ4v) is 5.75. The highest BCUT2D eigenvalue weighted by atomic mass is 35.5. The molecule has 1 aromatic carbocycles. The van der Waals surface area contributed by atoms with Crippen LogP contribution in [0.25, 0.3) is 16.4 Å². The molecule has 2 fully saturated rings. The van der Waals surface area contributed by atoms with E-state index in [1.54, 1.807) is 30.2 Å². The largest absolute Gasteiger partial charge is 0.490 e. The van der Waals surface area contributed by atoms with Crippen molar-refractivity contribution in [3.8, 4) is 5.75 Å². The summed E-state index contributed by atoms with van der Waals surface area (Å²) in [4.78, 5) is 15.0. The molecular formula is C25H26ClN5O2. The number of pyridine rings is 2. The Balaban J connectivity index is 1.01. The normalized spacial score (nSPS) is 18.0. The molecule has 1 aliphatic carbocycles. The second-order valence-electron chi connectivity index (χ2n) is 9.66. The van der Waals surface area contributed by atoms with Gasteiger partial charge in [0.15, 0.2) is 5.65 Å². The van der Waals surface area contributed by atoms with Crippen LogP contribution in [0.5, 0.6) is 5.75 Å². The summed E-state index contributed by atoms with van der Waals surface area (Å²) in [6, 6.07) is 9.84. The summed E-state index contributed by atoms with van der Waals surface area (Å²) in [5, 5.41) is 9.86. The second-order valence-corrected chi connectivity index (χ2v) is 10.1. The maximum atomic E-state index is 12.5. The van der Waals surface area contributed by atoms with Gasteiger partial charge >= 0.3 is 0 Å². The molecule has 3 aromatic heterocycles. The van der Waals surface area contributed by atoms with Crippen molar-refractivity contribution in [3.63, 3.8) is 0 Å². The van der Waals surface area contributed by atoms with Crippen LogP contribution in [-0.4, -0.2) is 49.8 Å². The zero-order chi connectivity index (χ0) is 22.6. The van der Waals surface area contributed by atoms with Crippen LogP contribution in [0, 0.1) is 5.41 Å². The van der Waals surface area contributed by atoms with Crippen LogP contribution in [0.3, 0.4) is 0 Å². The maximum absolute atomic E-state index is 12.5. The van der Waals surface area contributed by atoms with Crippen molar-refractivity contribution in [2.45, 2.75) is 31.8 Å². The Kier molecular flexibility index (Phi) is 4.92. The highest BCUT2D eigenvalue weighted by molar-refractivity contribution is 6.35. The predicted molar refractivity (Wildman–Crippen MR) is 128 cm³/mol. The lowest BCUT2D eigenvalue weighted by Crippen LogP contribution is -2.64. The zero-order valence-electron chi connectivity index (χ0n) is 18.6. The molecule has 0 radical (unpaired) electrons. The molecule has 0 N–H and O–H groups in total. The lowest BCUT2D eigenvalue weighted by Gasteiger charge is -2.58. The van der Waals surface area contributed by atoms with Gasteiger partial charge in [0.25, 0.3) is 5.56 Å². The van der Waals surface area contributed by atoms with Gasteiger partial charge in [-0.05, 0) is 68.1 Å².